The van der Waals surface area contributed by atoms with Crippen LogP contribution in [0.4, 0.5) is 0 Å². The van der Waals surface area contributed by atoms with Gasteiger partial charge in [-0.05, 0) is 44.2 Å². The third-order valence-electron chi connectivity index (χ3n) is 2.93. The lowest BCUT2D eigenvalue weighted by atomic mass is 9.74. The van der Waals surface area contributed by atoms with Gasteiger partial charge in [-0.3, -0.25) is 0 Å². The molecule has 1 fully saturated rings. The Bertz CT molecular complexity index is 117. The van der Waals surface area contributed by atoms with Gasteiger partial charge < -0.3 is 11.1 Å². The van der Waals surface area contributed by atoms with Crippen LogP contribution in [0.25, 0.3) is 0 Å². The molecule has 0 amide bonds. The summed E-state index contributed by atoms with van der Waals surface area (Å²) in [4.78, 5) is 0. The van der Waals surface area contributed by atoms with Crippen molar-refractivity contribution in [3.05, 3.63) is 0 Å². The zero-order valence-corrected chi connectivity index (χ0v) is 8.34. The van der Waals surface area contributed by atoms with Gasteiger partial charge in [-0.1, -0.05) is 13.8 Å². The summed E-state index contributed by atoms with van der Waals surface area (Å²) >= 11 is 0. The zero-order chi connectivity index (χ0) is 8.97. The molecule has 1 rings (SSSR count). The maximum Gasteiger partial charge on any atom is 0.00725 e. The molecule has 0 bridgehead atoms. The van der Waals surface area contributed by atoms with E-state index in [0.717, 1.165) is 37.4 Å². The standard InChI is InChI=1S/C10H22N2/c1-8(2)9-6-10(7-9)12-5-3-4-11/h8-10,12H,3-7,11H2,1-2H3. The van der Waals surface area contributed by atoms with Crippen LogP contribution in [0.15, 0.2) is 0 Å². The van der Waals surface area contributed by atoms with E-state index in [1.807, 2.05) is 0 Å². The highest BCUT2D eigenvalue weighted by Crippen LogP contribution is 2.33. The summed E-state index contributed by atoms with van der Waals surface area (Å²) in [6.45, 7) is 6.56. The van der Waals surface area contributed by atoms with Crippen molar-refractivity contribution in [2.45, 2.75) is 39.2 Å². The van der Waals surface area contributed by atoms with Crippen LogP contribution in [0.5, 0.6) is 0 Å². The molecule has 0 aliphatic heterocycles. The molecule has 2 heteroatoms. The molecule has 0 atom stereocenters. The Kier molecular flexibility index (Phi) is 4.02. The van der Waals surface area contributed by atoms with Gasteiger partial charge in [0.25, 0.3) is 0 Å². The summed E-state index contributed by atoms with van der Waals surface area (Å²) in [5.74, 6) is 1.85. The topological polar surface area (TPSA) is 38.0 Å². The Balaban J connectivity index is 1.95. The normalized spacial score (nSPS) is 29.0. The fraction of sp³-hybridized carbons (Fsp3) is 1.00. The molecule has 0 spiro atoms. The summed E-state index contributed by atoms with van der Waals surface area (Å²) in [5, 5.41) is 3.52. The second-order valence-electron chi connectivity index (χ2n) is 4.27. The van der Waals surface area contributed by atoms with Crippen LogP contribution in [0.2, 0.25) is 0 Å². The average molecular weight is 170 g/mol. The summed E-state index contributed by atoms with van der Waals surface area (Å²) in [7, 11) is 0. The van der Waals surface area contributed by atoms with E-state index in [4.69, 9.17) is 5.73 Å². The first-order valence-electron chi connectivity index (χ1n) is 5.17. The molecule has 72 valence electrons. The SMILES string of the molecule is CC(C)C1CC(NCCCN)C1. The molecule has 0 unspecified atom stereocenters. The predicted octanol–water partition coefficient (Wildman–Crippen LogP) is 1.36. The van der Waals surface area contributed by atoms with Crippen molar-refractivity contribution in [1.29, 1.82) is 0 Å². The maximum absolute atomic E-state index is 5.41. The number of hydrogen-bond donors (Lipinski definition) is 2. The van der Waals surface area contributed by atoms with Crippen LogP contribution in [0.3, 0.4) is 0 Å². The summed E-state index contributed by atoms with van der Waals surface area (Å²) in [6.07, 6.45) is 3.87. The van der Waals surface area contributed by atoms with Crippen LogP contribution < -0.4 is 11.1 Å². The summed E-state index contributed by atoms with van der Waals surface area (Å²) in [6, 6.07) is 0.795. The Morgan fingerprint density at radius 3 is 2.58 bits per heavy atom. The number of rotatable bonds is 5. The van der Waals surface area contributed by atoms with Gasteiger partial charge in [0.05, 0.1) is 0 Å². The summed E-state index contributed by atoms with van der Waals surface area (Å²) in [5.41, 5.74) is 5.41. The van der Waals surface area contributed by atoms with Gasteiger partial charge in [0, 0.05) is 6.04 Å². The lowest BCUT2D eigenvalue weighted by Gasteiger charge is -2.38. The molecule has 0 radical (unpaired) electrons. The van der Waals surface area contributed by atoms with E-state index >= 15 is 0 Å². The third-order valence-corrected chi connectivity index (χ3v) is 2.93. The molecule has 1 saturated carbocycles. The first-order valence-corrected chi connectivity index (χ1v) is 5.17. The van der Waals surface area contributed by atoms with E-state index in [9.17, 15) is 0 Å². The van der Waals surface area contributed by atoms with Crippen molar-refractivity contribution < 1.29 is 0 Å². The van der Waals surface area contributed by atoms with Crippen molar-refractivity contribution in [2.75, 3.05) is 13.1 Å². The van der Waals surface area contributed by atoms with Gasteiger partial charge in [0.1, 0.15) is 0 Å². The molecular weight excluding hydrogens is 148 g/mol. The highest BCUT2D eigenvalue weighted by Gasteiger charge is 2.30. The van der Waals surface area contributed by atoms with Gasteiger partial charge >= 0.3 is 0 Å². The van der Waals surface area contributed by atoms with E-state index in [-0.39, 0.29) is 0 Å². The number of hydrogen-bond acceptors (Lipinski definition) is 2. The van der Waals surface area contributed by atoms with Crippen molar-refractivity contribution >= 4 is 0 Å². The molecular formula is C10H22N2. The van der Waals surface area contributed by atoms with Gasteiger partial charge in [-0.25, -0.2) is 0 Å². The lowest BCUT2D eigenvalue weighted by Crippen LogP contribution is -2.43. The summed E-state index contributed by atoms with van der Waals surface area (Å²) < 4.78 is 0. The fourth-order valence-corrected chi connectivity index (χ4v) is 1.78. The molecule has 1 aliphatic carbocycles. The third kappa shape index (κ3) is 2.76. The molecule has 0 heterocycles. The predicted molar refractivity (Wildman–Crippen MR) is 53.0 cm³/mol. The van der Waals surface area contributed by atoms with Crippen LogP contribution in [0.1, 0.15) is 33.1 Å². The Labute approximate surface area is 75.9 Å². The quantitative estimate of drug-likeness (QED) is 0.611. The largest absolute Gasteiger partial charge is 0.330 e. The van der Waals surface area contributed by atoms with Gasteiger partial charge in [0.15, 0.2) is 0 Å². The van der Waals surface area contributed by atoms with Crippen LogP contribution in [-0.4, -0.2) is 19.1 Å². The van der Waals surface area contributed by atoms with Crippen LogP contribution >= 0.6 is 0 Å². The zero-order valence-electron chi connectivity index (χ0n) is 8.34. The minimum absolute atomic E-state index is 0.795. The van der Waals surface area contributed by atoms with E-state index in [2.05, 4.69) is 19.2 Å². The number of nitrogens with one attached hydrogen (secondary N) is 1. The van der Waals surface area contributed by atoms with Crippen LogP contribution in [-0.2, 0) is 0 Å². The molecule has 0 saturated heterocycles. The average Bonchev–Trinajstić information content (AvgIpc) is 1.93. The maximum atomic E-state index is 5.41. The highest BCUT2D eigenvalue weighted by molar-refractivity contribution is 4.86. The van der Waals surface area contributed by atoms with Gasteiger partial charge in [-0.2, -0.15) is 0 Å². The van der Waals surface area contributed by atoms with E-state index in [1.165, 1.54) is 12.8 Å². The smallest absolute Gasteiger partial charge is 0.00725 e. The second-order valence-corrected chi connectivity index (χ2v) is 4.27. The van der Waals surface area contributed by atoms with Gasteiger partial charge in [-0.15, -0.1) is 0 Å². The lowest BCUT2D eigenvalue weighted by molar-refractivity contribution is 0.169. The Morgan fingerprint density at radius 1 is 1.42 bits per heavy atom. The Hall–Kier alpha value is -0.0800. The van der Waals surface area contributed by atoms with E-state index in [0.29, 0.717) is 0 Å². The molecule has 0 aromatic heterocycles. The molecule has 0 aromatic carbocycles. The first-order chi connectivity index (χ1) is 5.74. The van der Waals surface area contributed by atoms with E-state index in [1.54, 1.807) is 0 Å². The van der Waals surface area contributed by atoms with Gasteiger partial charge in [0.2, 0.25) is 0 Å². The van der Waals surface area contributed by atoms with Crippen molar-refractivity contribution in [1.82, 2.24) is 5.32 Å². The number of nitrogens with two attached hydrogens (primary N) is 1. The molecule has 2 nitrogen and oxygen atoms in total. The fourth-order valence-electron chi connectivity index (χ4n) is 1.78. The minimum atomic E-state index is 0.795. The first kappa shape index (κ1) is 10.0. The van der Waals surface area contributed by atoms with Crippen LogP contribution in [0, 0.1) is 11.8 Å². The Morgan fingerprint density at radius 2 is 2.08 bits per heavy atom. The van der Waals surface area contributed by atoms with Crippen molar-refractivity contribution in [3.8, 4) is 0 Å². The minimum Gasteiger partial charge on any atom is -0.330 e. The second kappa shape index (κ2) is 4.83. The molecule has 3 N–H and O–H groups in total. The monoisotopic (exact) mass is 170 g/mol. The van der Waals surface area contributed by atoms with Crippen molar-refractivity contribution in [2.24, 2.45) is 17.6 Å². The molecule has 0 aromatic rings. The van der Waals surface area contributed by atoms with Crippen molar-refractivity contribution in [3.63, 3.8) is 0 Å². The van der Waals surface area contributed by atoms with E-state index < -0.39 is 0 Å². The molecule has 12 heavy (non-hydrogen) atoms. The highest BCUT2D eigenvalue weighted by atomic mass is 14.9. The molecule has 1 aliphatic rings.